The first-order valence-corrected chi connectivity index (χ1v) is 21.6. The van der Waals surface area contributed by atoms with Crippen LogP contribution in [0.3, 0.4) is 0 Å². The number of hydrogen-bond acceptors (Lipinski definition) is 1. The molecule has 0 radical (unpaired) electrons. The maximum Gasteiger partial charge on any atom is 0.0561 e. The molecule has 0 aliphatic rings. The van der Waals surface area contributed by atoms with Gasteiger partial charge in [0.15, 0.2) is 0 Å². The topological polar surface area (TPSA) is 13.1 Å². The van der Waals surface area contributed by atoms with Crippen molar-refractivity contribution in [3.05, 3.63) is 249 Å². The molecule has 0 saturated heterocycles. The van der Waals surface area contributed by atoms with Gasteiger partial charge in [-0.1, -0.05) is 164 Å². The lowest BCUT2D eigenvalue weighted by molar-refractivity contribution is 1.18. The van der Waals surface area contributed by atoms with Crippen molar-refractivity contribution in [3.63, 3.8) is 0 Å². The molecule has 0 aliphatic heterocycles. The second-order valence-corrected chi connectivity index (χ2v) is 16.2. The normalized spacial score (nSPS) is 11.5. The Morgan fingerprint density at radius 2 is 0.651 bits per heavy atom. The molecule has 63 heavy (non-hydrogen) atoms. The molecule has 0 bridgehead atoms. The summed E-state index contributed by atoms with van der Waals surface area (Å²) < 4.78 is 4.81. The summed E-state index contributed by atoms with van der Waals surface area (Å²) in [5.41, 5.74) is 17.3. The van der Waals surface area contributed by atoms with E-state index < -0.39 is 0 Å². The summed E-state index contributed by atoms with van der Waals surface area (Å²) in [6.45, 7) is 0. The zero-order valence-corrected chi connectivity index (χ0v) is 34.5. The molecule has 0 fully saturated rings. The maximum absolute atomic E-state index is 2.42. The van der Waals surface area contributed by atoms with Gasteiger partial charge in [-0.3, -0.25) is 0 Å². The van der Waals surface area contributed by atoms with Crippen LogP contribution in [0, 0.1) is 0 Å². The van der Waals surface area contributed by atoms with Crippen LogP contribution in [-0.4, -0.2) is 9.13 Å². The summed E-state index contributed by atoms with van der Waals surface area (Å²) in [5.74, 6) is 0. The summed E-state index contributed by atoms with van der Waals surface area (Å²) in [4.78, 5) is 2.41. The van der Waals surface area contributed by atoms with Crippen LogP contribution >= 0.6 is 0 Å². The number of aromatic nitrogens is 2. The average molecular weight is 804 g/mol. The van der Waals surface area contributed by atoms with Gasteiger partial charge in [-0.25, -0.2) is 0 Å². The lowest BCUT2D eigenvalue weighted by Gasteiger charge is -2.27. The minimum absolute atomic E-state index is 1.08. The summed E-state index contributed by atoms with van der Waals surface area (Å²) in [7, 11) is 0. The Morgan fingerprint density at radius 3 is 1.27 bits per heavy atom. The lowest BCUT2D eigenvalue weighted by Crippen LogP contribution is -2.10. The highest BCUT2D eigenvalue weighted by atomic mass is 15.1. The van der Waals surface area contributed by atoms with E-state index in [1.165, 1.54) is 54.8 Å². The van der Waals surface area contributed by atoms with Gasteiger partial charge in [0.25, 0.3) is 0 Å². The minimum Gasteiger partial charge on any atom is -0.310 e. The zero-order valence-electron chi connectivity index (χ0n) is 34.5. The Bertz CT molecular complexity index is 3590. The van der Waals surface area contributed by atoms with E-state index in [1.54, 1.807) is 0 Å². The molecule has 296 valence electrons. The Kier molecular flexibility index (Phi) is 8.83. The first-order valence-electron chi connectivity index (χ1n) is 21.6. The van der Waals surface area contributed by atoms with E-state index in [0.29, 0.717) is 0 Å². The third-order valence-electron chi connectivity index (χ3n) is 12.5. The number of benzene rings is 10. The standard InChI is InChI=1S/C60H41N3/c1-5-17-42(18-6-1)44-29-32-50(33-30-44)63-58-28-16-14-26-54(58)56-36-34-51(41-60(56)63)61(48-21-9-3-10-22-48)52-38-46(43-19-7-2-8-20-43)37-47(39-52)45-31-35-55-53-25-13-15-27-57(53)62(59(55)40-45)49-23-11-4-12-24-49/h1-41H. The largest absolute Gasteiger partial charge is 0.310 e. The first kappa shape index (κ1) is 36.5. The quantitative estimate of drug-likeness (QED) is 0.149. The minimum atomic E-state index is 1.08. The molecule has 0 atom stereocenters. The number of hydrogen-bond donors (Lipinski definition) is 0. The highest BCUT2D eigenvalue weighted by molar-refractivity contribution is 6.11. The molecular formula is C60H41N3. The van der Waals surface area contributed by atoms with Crippen LogP contribution in [0.2, 0.25) is 0 Å². The molecule has 2 aromatic heterocycles. The van der Waals surface area contributed by atoms with Crippen molar-refractivity contribution < 1.29 is 0 Å². The van der Waals surface area contributed by atoms with Crippen LogP contribution in [-0.2, 0) is 0 Å². The third-order valence-corrected chi connectivity index (χ3v) is 12.5. The molecule has 0 amide bonds. The van der Waals surface area contributed by atoms with Gasteiger partial charge in [0.1, 0.15) is 0 Å². The van der Waals surface area contributed by atoms with Gasteiger partial charge in [0.2, 0.25) is 0 Å². The number of nitrogens with zero attached hydrogens (tertiary/aromatic N) is 3. The van der Waals surface area contributed by atoms with Crippen LogP contribution in [0.4, 0.5) is 17.1 Å². The maximum atomic E-state index is 2.42. The van der Waals surface area contributed by atoms with Gasteiger partial charge in [0, 0.05) is 50.0 Å². The Morgan fingerprint density at radius 1 is 0.222 bits per heavy atom. The van der Waals surface area contributed by atoms with E-state index in [1.807, 2.05) is 0 Å². The fraction of sp³-hybridized carbons (Fsp3) is 0. The second-order valence-electron chi connectivity index (χ2n) is 16.2. The highest BCUT2D eigenvalue weighted by Crippen LogP contribution is 2.43. The number of anilines is 3. The molecule has 0 N–H and O–H groups in total. The SMILES string of the molecule is c1ccc(-c2ccc(-n3c4ccccc4c4ccc(N(c5ccccc5)c5cc(-c6ccccc6)cc(-c6ccc7c8ccccc8n(-c8ccccc8)c7c6)c5)cc43)cc2)cc1. The van der Waals surface area contributed by atoms with Crippen molar-refractivity contribution in [2.45, 2.75) is 0 Å². The van der Waals surface area contributed by atoms with E-state index >= 15 is 0 Å². The number of fused-ring (bicyclic) bond motifs is 6. The van der Waals surface area contributed by atoms with Crippen molar-refractivity contribution in [2.24, 2.45) is 0 Å². The molecule has 3 nitrogen and oxygen atoms in total. The van der Waals surface area contributed by atoms with E-state index in [4.69, 9.17) is 0 Å². The summed E-state index contributed by atoms with van der Waals surface area (Å²) >= 11 is 0. The molecule has 0 unspecified atom stereocenters. The van der Waals surface area contributed by atoms with Crippen LogP contribution in [0.15, 0.2) is 249 Å². The van der Waals surface area contributed by atoms with Gasteiger partial charge < -0.3 is 14.0 Å². The van der Waals surface area contributed by atoms with Crippen molar-refractivity contribution >= 4 is 60.7 Å². The van der Waals surface area contributed by atoms with E-state index in [9.17, 15) is 0 Å². The van der Waals surface area contributed by atoms with Gasteiger partial charge >= 0.3 is 0 Å². The Balaban J connectivity index is 1.07. The van der Waals surface area contributed by atoms with Gasteiger partial charge in [-0.05, 0) is 118 Å². The first-order chi connectivity index (χ1) is 31.2. The molecule has 12 rings (SSSR count). The summed E-state index contributed by atoms with van der Waals surface area (Å²) in [5, 5.41) is 4.93. The smallest absolute Gasteiger partial charge is 0.0561 e. The Hall–Kier alpha value is -8.40. The fourth-order valence-electron chi connectivity index (χ4n) is 9.54. The molecule has 0 spiro atoms. The predicted molar refractivity (Wildman–Crippen MR) is 266 cm³/mol. The summed E-state index contributed by atoms with van der Waals surface area (Å²) in [6.07, 6.45) is 0. The van der Waals surface area contributed by atoms with Crippen LogP contribution < -0.4 is 4.90 Å². The molecule has 3 heteroatoms. The van der Waals surface area contributed by atoms with Gasteiger partial charge in [-0.2, -0.15) is 0 Å². The fourth-order valence-corrected chi connectivity index (χ4v) is 9.54. The molecule has 12 aromatic rings. The van der Waals surface area contributed by atoms with Crippen molar-refractivity contribution in [1.82, 2.24) is 9.13 Å². The predicted octanol–water partition coefficient (Wildman–Crippen LogP) is 16.4. The van der Waals surface area contributed by atoms with Gasteiger partial charge in [0.05, 0.1) is 22.1 Å². The highest BCUT2D eigenvalue weighted by Gasteiger charge is 2.20. The molecule has 0 saturated carbocycles. The van der Waals surface area contributed by atoms with Crippen LogP contribution in [0.25, 0.3) is 88.4 Å². The zero-order chi connectivity index (χ0) is 41.7. The molecule has 10 aromatic carbocycles. The van der Waals surface area contributed by atoms with Crippen molar-refractivity contribution in [2.75, 3.05) is 4.90 Å². The monoisotopic (exact) mass is 803 g/mol. The van der Waals surface area contributed by atoms with E-state index in [-0.39, 0.29) is 0 Å². The van der Waals surface area contributed by atoms with Crippen LogP contribution in [0.1, 0.15) is 0 Å². The molecule has 0 aliphatic carbocycles. The van der Waals surface area contributed by atoms with Crippen LogP contribution in [0.5, 0.6) is 0 Å². The third kappa shape index (κ3) is 6.38. The lowest BCUT2D eigenvalue weighted by atomic mass is 9.96. The second kappa shape index (κ2) is 15.3. The average Bonchev–Trinajstić information content (AvgIpc) is 3.87. The molecule has 2 heterocycles. The van der Waals surface area contributed by atoms with E-state index in [0.717, 1.165) is 50.6 Å². The molecular weight excluding hydrogens is 763 g/mol. The Labute approximate surface area is 366 Å². The van der Waals surface area contributed by atoms with Crippen molar-refractivity contribution in [1.29, 1.82) is 0 Å². The number of rotatable bonds is 8. The number of para-hydroxylation sites is 4. The van der Waals surface area contributed by atoms with Gasteiger partial charge in [-0.15, -0.1) is 0 Å². The van der Waals surface area contributed by atoms with Crippen molar-refractivity contribution in [3.8, 4) is 44.8 Å². The summed E-state index contributed by atoms with van der Waals surface area (Å²) in [6, 6.07) is 90.2. The van der Waals surface area contributed by atoms with E-state index in [2.05, 4.69) is 263 Å².